The number of carbonyl (C=O) groups excluding carboxylic acids is 2. The topological polar surface area (TPSA) is 110 Å². The number of rotatable bonds is 7. The zero-order chi connectivity index (χ0) is 25.9. The summed E-state index contributed by atoms with van der Waals surface area (Å²) in [5, 5.41) is 12.2. The number of anilines is 1. The fraction of sp³-hybridized carbons (Fsp3) is 0.462. The van der Waals surface area contributed by atoms with Crippen molar-refractivity contribution >= 4 is 17.9 Å². The molecule has 1 N–H and O–H groups in total. The molecule has 2 heterocycles. The highest BCUT2D eigenvalue weighted by Crippen LogP contribution is 2.37. The summed E-state index contributed by atoms with van der Waals surface area (Å²) in [6.45, 7) is 6.41. The van der Waals surface area contributed by atoms with E-state index in [4.69, 9.17) is 19.3 Å². The van der Waals surface area contributed by atoms with Gasteiger partial charge in [-0.3, -0.25) is 9.48 Å². The molecule has 2 atom stereocenters. The first-order chi connectivity index (χ1) is 17.1. The van der Waals surface area contributed by atoms with Crippen LogP contribution in [0, 0.1) is 0 Å². The van der Waals surface area contributed by atoms with Gasteiger partial charge in [-0.1, -0.05) is 18.2 Å². The fourth-order valence-corrected chi connectivity index (χ4v) is 4.40. The molecule has 4 rings (SSSR count). The highest BCUT2D eigenvalue weighted by atomic mass is 16.7. The molecule has 0 saturated heterocycles. The Hall–Kier alpha value is -3.66. The molecule has 1 aliphatic rings. The van der Waals surface area contributed by atoms with Gasteiger partial charge in [0.2, 0.25) is 0 Å². The minimum Gasteiger partial charge on any atom is -0.431 e. The molecule has 0 unspecified atom stereocenters. The minimum absolute atomic E-state index is 0.101. The average Bonchev–Trinajstić information content (AvgIpc) is 3.53. The number of nitrogens with one attached hydrogen (secondary N) is 1. The monoisotopic (exact) mass is 495 g/mol. The van der Waals surface area contributed by atoms with Crippen LogP contribution in [0.3, 0.4) is 0 Å². The second-order valence-electron chi connectivity index (χ2n) is 9.98. The summed E-state index contributed by atoms with van der Waals surface area (Å²) in [5.41, 5.74) is 1.60. The lowest BCUT2D eigenvalue weighted by Gasteiger charge is -2.22. The van der Waals surface area contributed by atoms with Crippen molar-refractivity contribution in [2.45, 2.75) is 64.2 Å². The molecule has 0 bridgehead atoms. The lowest BCUT2D eigenvalue weighted by Crippen LogP contribution is -2.27. The number of para-hydroxylation sites is 1. The highest BCUT2D eigenvalue weighted by Gasteiger charge is 2.33. The number of benzene rings is 1. The zero-order valence-corrected chi connectivity index (χ0v) is 21.4. The van der Waals surface area contributed by atoms with Crippen LogP contribution in [0.25, 0.3) is 0 Å². The lowest BCUT2D eigenvalue weighted by molar-refractivity contribution is 0.0606. The molecule has 0 aliphatic heterocycles. The van der Waals surface area contributed by atoms with E-state index in [-0.39, 0.29) is 23.5 Å². The predicted molar refractivity (Wildman–Crippen MR) is 133 cm³/mol. The summed E-state index contributed by atoms with van der Waals surface area (Å²) >= 11 is 0. The third-order valence-electron chi connectivity index (χ3n) is 6.07. The molecule has 1 amide bonds. The van der Waals surface area contributed by atoms with Gasteiger partial charge in [-0.25, -0.2) is 9.48 Å². The van der Waals surface area contributed by atoms with Crippen molar-refractivity contribution in [2.24, 2.45) is 7.05 Å². The summed E-state index contributed by atoms with van der Waals surface area (Å²) in [5.74, 6) is 0.873. The van der Waals surface area contributed by atoms with Gasteiger partial charge < -0.3 is 19.5 Å². The van der Waals surface area contributed by atoms with Crippen LogP contribution >= 0.6 is 0 Å². The van der Waals surface area contributed by atoms with Gasteiger partial charge in [0.05, 0.1) is 23.5 Å². The Morgan fingerprint density at radius 1 is 1.11 bits per heavy atom. The van der Waals surface area contributed by atoms with Crippen molar-refractivity contribution in [1.29, 1.82) is 0 Å². The van der Waals surface area contributed by atoms with Gasteiger partial charge in [-0.15, -0.1) is 0 Å². The van der Waals surface area contributed by atoms with Gasteiger partial charge in [0.1, 0.15) is 23.4 Å². The number of aryl methyl sites for hydroxylation is 1. The number of carbonyl (C=O) groups is 2. The molecule has 10 heteroatoms. The molecule has 1 fully saturated rings. The van der Waals surface area contributed by atoms with Crippen LogP contribution < -0.4 is 10.1 Å². The molecule has 192 valence electrons. The van der Waals surface area contributed by atoms with Gasteiger partial charge in [0.25, 0.3) is 5.91 Å². The number of hydrogen-bond acceptors (Lipinski definition) is 7. The molecule has 1 saturated carbocycles. The van der Waals surface area contributed by atoms with Crippen LogP contribution in [0.4, 0.5) is 10.6 Å². The van der Waals surface area contributed by atoms with Gasteiger partial charge in [-0.05, 0) is 58.2 Å². The number of aromatic nitrogens is 4. The number of amides is 1. The molecule has 10 nitrogen and oxygen atoms in total. The molecular formula is C26H33N5O5. The molecular weight excluding hydrogens is 462 g/mol. The van der Waals surface area contributed by atoms with E-state index in [1.54, 1.807) is 44.5 Å². The van der Waals surface area contributed by atoms with E-state index < -0.39 is 6.16 Å². The molecule has 1 aliphatic carbocycles. The summed E-state index contributed by atoms with van der Waals surface area (Å²) in [6, 6.07) is 12.5. The molecule has 1 aromatic carbocycles. The molecule has 2 aromatic heterocycles. The van der Waals surface area contributed by atoms with Crippen LogP contribution in [-0.2, 0) is 28.7 Å². The Morgan fingerprint density at radius 3 is 2.56 bits per heavy atom. The minimum atomic E-state index is -0.705. The predicted octanol–water partition coefficient (Wildman–Crippen LogP) is 4.62. The third kappa shape index (κ3) is 5.93. The maximum Gasteiger partial charge on any atom is 0.514 e. The van der Waals surface area contributed by atoms with Crippen LogP contribution in [0.1, 0.15) is 67.8 Å². The largest absolute Gasteiger partial charge is 0.514 e. The van der Waals surface area contributed by atoms with E-state index in [1.165, 1.54) is 4.68 Å². The van der Waals surface area contributed by atoms with Crippen LogP contribution in [-0.4, -0.2) is 44.8 Å². The summed E-state index contributed by atoms with van der Waals surface area (Å²) in [6.07, 6.45) is 1.22. The van der Waals surface area contributed by atoms with Gasteiger partial charge in [0, 0.05) is 26.1 Å². The first kappa shape index (κ1) is 25.4. The molecule has 3 aromatic rings. The zero-order valence-electron chi connectivity index (χ0n) is 21.4. The Bertz CT molecular complexity index is 1210. The Balaban J connectivity index is 1.44. The molecule has 0 radical (unpaired) electrons. The van der Waals surface area contributed by atoms with Gasteiger partial charge in [0.15, 0.2) is 0 Å². The second kappa shape index (κ2) is 10.5. The van der Waals surface area contributed by atoms with Crippen molar-refractivity contribution in [1.82, 2.24) is 19.6 Å². The quantitative estimate of drug-likeness (QED) is 0.376. The van der Waals surface area contributed by atoms with Crippen LogP contribution in [0.5, 0.6) is 5.75 Å². The first-order valence-corrected chi connectivity index (χ1v) is 12.0. The standard InChI is InChI=1S/C26H33N5O5/c1-26(2,3)31-23(27-24(32)22-14-18(16-34-5)28-30(22)4)15-21(29-31)17-11-12-20(13-17)36-25(33)35-19-9-7-6-8-10-19/h6-10,14-15,17,20H,11-13,16H2,1-5H3,(H,27,32)/t17-,20+/m0/s1. The van der Waals surface area contributed by atoms with Crippen molar-refractivity contribution in [3.63, 3.8) is 0 Å². The SMILES string of the molecule is COCc1cc(C(=O)Nc2cc([C@H]3CC[C@@H](OC(=O)Oc4ccccc4)C3)nn2C(C)(C)C)n(C)n1. The van der Waals surface area contributed by atoms with E-state index in [2.05, 4.69) is 10.4 Å². The van der Waals surface area contributed by atoms with Crippen molar-refractivity contribution in [3.05, 3.63) is 59.5 Å². The molecule has 36 heavy (non-hydrogen) atoms. The summed E-state index contributed by atoms with van der Waals surface area (Å²) in [7, 11) is 3.31. The Morgan fingerprint density at radius 2 is 1.86 bits per heavy atom. The number of ether oxygens (including phenoxy) is 3. The van der Waals surface area contributed by atoms with Crippen LogP contribution in [0.15, 0.2) is 42.5 Å². The molecule has 0 spiro atoms. The summed E-state index contributed by atoms with van der Waals surface area (Å²) < 4.78 is 19.3. The van der Waals surface area contributed by atoms with Crippen molar-refractivity contribution in [2.75, 3.05) is 12.4 Å². The second-order valence-corrected chi connectivity index (χ2v) is 9.98. The third-order valence-corrected chi connectivity index (χ3v) is 6.07. The average molecular weight is 496 g/mol. The smallest absolute Gasteiger partial charge is 0.431 e. The number of nitrogens with zero attached hydrogens (tertiary/aromatic N) is 4. The fourth-order valence-electron chi connectivity index (χ4n) is 4.40. The van der Waals surface area contributed by atoms with Crippen molar-refractivity contribution in [3.8, 4) is 5.75 Å². The van der Waals surface area contributed by atoms with E-state index in [0.29, 0.717) is 36.0 Å². The maximum absolute atomic E-state index is 13.1. The number of methoxy groups -OCH3 is 1. The van der Waals surface area contributed by atoms with E-state index in [0.717, 1.165) is 18.5 Å². The maximum atomic E-state index is 13.1. The lowest BCUT2D eigenvalue weighted by atomic mass is 10.0. The Kier molecular flexibility index (Phi) is 7.44. The van der Waals surface area contributed by atoms with Gasteiger partial charge >= 0.3 is 6.16 Å². The Labute approximate surface area is 210 Å². The van der Waals surface area contributed by atoms with Crippen molar-refractivity contribution < 1.29 is 23.8 Å². The van der Waals surface area contributed by atoms with Crippen LogP contribution in [0.2, 0.25) is 0 Å². The first-order valence-electron chi connectivity index (χ1n) is 12.0. The number of hydrogen-bond donors (Lipinski definition) is 1. The normalized spacial score (nSPS) is 17.7. The van der Waals surface area contributed by atoms with Gasteiger partial charge in [-0.2, -0.15) is 10.2 Å². The van der Waals surface area contributed by atoms with E-state index in [1.807, 2.05) is 37.6 Å². The highest BCUT2D eigenvalue weighted by molar-refractivity contribution is 6.02. The van der Waals surface area contributed by atoms with E-state index >= 15 is 0 Å². The van der Waals surface area contributed by atoms with E-state index in [9.17, 15) is 9.59 Å². The summed E-state index contributed by atoms with van der Waals surface area (Å²) in [4.78, 5) is 25.3.